The highest BCUT2D eigenvalue weighted by molar-refractivity contribution is 6.05. The van der Waals surface area contributed by atoms with Gasteiger partial charge in [0.1, 0.15) is 12.6 Å². The van der Waals surface area contributed by atoms with E-state index in [1.807, 2.05) is 48.5 Å². The fraction of sp³-hybridized carbons (Fsp3) is 0.333. The summed E-state index contributed by atoms with van der Waals surface area (Å²) in [4.78, 5) is 48.6. The molecule has 0 aromatic heterocycles. The lowest BCUT2D eigenvalue weighted by atomic mass is 9.98. The van der Waals surface area contributed by atoms with Gasteiger partial charge >= 0.3 is 18.0 Å². The number of rotatable bonds is 10. The summed E-state index contributed by atoms with van der Waals surface area (Å²) in [6.45, 7) is 0.917. The van der Waals surface area contributed by atoms with Crippen molar-refractivity contribution in [3.8, 4) is 11.1 Å². The number of carbonyl (C=O) groups excluding carboxylic acids is 3. The van der Waals surface area contributed by atoms with Gasteiger partial charge in [0.25, 0.3) is 5.91 Å². The van der Waals surface area contributed by atoms with Gasteiger partial charge in [-0.1, -0.05) is 48.5 Å². The summed E-state index contributed by atoms with van der Waals surface area (Å²) in [5.74, 6) is -3.78. The van der Waals surface area contributed by atoms with Crippen LogP contribution in [0.2, 0.25) is 0 Å². The monoisotopic (exact) mass is 470 g/mol. The zero-order chi connectivity index (χ0) is 24.7. The van der Waals surface area contributed by atoms with Crippen LogP contribution in [0.4, 0.5) is 4.79 Å². The quantitative estimate of drug-likeness (QED) is 0.301. The first-order valence-corrected chi connectivity index (χ1v) is 10.8. The Morgan fingerprint density at radius 3 is 2.06 bits per heavy atom. The van der Waals surface area contributed by atoms with Crippen molar-refractivity contribution >= 4 is 23.9 Å². The maximum atomic E-state index is 12.5. The molecular formula is C24H26N2O8. The second-order valence-electron chi connectivity index (χ2n) is 7.57. The number of carboxylic acid groups (broad SMARTS) is 1. The molecular weight excluding hydrogens is 444 g/mol. The van der Waals surface area contributed by atoms with E-state index in [1.54, 1.807) is 0 Å². The molecule has 1 aliphatic carbocycles. The molecule has 1 unspecified atom stereocenters. The van der Waals surface area contributed by atoms with Gasteiger partial charge in [-0.05, 0) is 29.2 Å². The fourth-order valence-electron chi connectivity index (χ4n) is 3.86. The van der Waals surface area contributed by atoms with E-state index in [2.05, 4.69) is 10.6 Å². The van der Waals surface area contributed by atoms with Gasteiger partial charge < -0.3 is 25.0 Å². The Kier molecular flexibility index (Phi) is 8.20. The Bertz CT molecular complexity index is 1020. The number of ether oxygens (including phenoxy) is 2. The standard InChI is InChI=1S/C24H26N2O8/c1-2-33-23(31)20(21(28)25-19(11-12-27)22(29)30)26-24(32)34-13-18-16-9-5-3-7-14(16)15-8-4-6-10-17(15)18/h3-10,18-20,27H,2,11-13H2,1H3,(H,25,28)(H,26,32)(H,29,30)/t19-,20?/m1/s1. The van der Waals surface area contributed by atoms with Gasteiger partial charge in [-0.2, -0.15) is 0 Å². The van der Waals surface area contributed by atoms with Gasteiger partial charge in [0, 0.05) is 18.9 Å². The molecule has 3 rings (SSSR count). The molecule has 0 heterocycles. The molecule has 0 bridgehead atoms. The smallest absolute Gasteiger partial charge is 0.408 e. The highest BCUT2D eigenvalue weighted by atomic mass is 16.6. The lowest BCUT2D eigenvalue weighted by Gasteiger charge is -2.20. The minimum absolute atomic E-state index is 0.0424. The van der Waals surface area contributed by atoms with Crippen LogP contribution in [0.5, 0.6) is 0 Å². The van der Waals surface area contributed by atoms with Crippen LogP contribution in [0.25, 0.3) is 11.1 Å². The summed E-state index contributed by atoms with van der Waals surface area (Å²) >= 11 is 0. The van der Waals surface area contributed by atoms with Crippen LogP contribution in [-0.4, -0.2) is 66.1 Å². The number of aliphatic hydroxyl groups is 1. The van der Waals surface area contributed by atoms with Crippen molar-refractivity contribution < 1.29 is 38.9 Å². The summed E-state index contributed by atoms with van der Waals surface area (Å²) in [7, 11) is 0. The molecule has 10 nitrogen and oxygen atoms in total. The first kappa shape index (κ1) is 24.7. The molecule has 0 saturated carbocycles. The number of hydrogen-bond acceptors (Lipinski definition) is 7. The topological polar surface area (TPSA) is 151 Å². The summed E-state index contributed by atoms with van der Waals surface area (Å²) in [6.07, 6.45) is -1.31. The first-order chi connectivity index (χ1) is 16.4. The number of aliphatic hydroxyl groups excluding tert-OH is 1. The third-order valence-electron chi connectivity index (χ3n) is 5.42. The SMILES string of the molecule is CCOC(=O)C(NC(=O)OCC1c2ccccc2-c2ccccc21)C(=O)N[C@H](CCO)C(=O)O. The first-order valence-electron chi connectivity index (χ1n) is 10.8. The average molecular weight is 470 g/mol. The number of alkyl carbamates (subject to hydrolysis) is 1. The molecule has 180 valence electrons. The van der Waals surface area contributed by atoms with E-state index in [1.165, 1.54) is 6.92 Å². The molecule has 0 spiro atoms. The van der Waals surface area contributed by atoms with E-state index >= 15 is 0 Å². The third kappa shape index (κ3) is 5.52. The number of carbonyl (C=O) groups is 4. The maximum absolute atomic E-state index is 12.5. The molecule has 2 amide bonds. The zero-order valence-corrected chi connectivity index (χ0v) is 18.5. The molecule has 2 aromatic carbocycles. The van der Waals surface area contributed by atoms with Crippen LogP contribution in [0.3, 0.4) is 0 Å². The Balaban J connectivity index is 1.70. The van der Waals surface area contributed by atoms with Crippen LogP contribution in [0, 0.1) is 0 Å². The number of fused-ring (bicyclic) bond motifs is 3. The zero-order valence-electron chi connectivity index (χ0n) is 18.5. The predicted molar refractivity (Wildman–Crippen MR) is 120 cm³/mol. The molecule has 0 radical (unpaired) electrons. The molecule has 0 saturated heterocycles. The second kappa shape index (κ2) is 11.3. The minimum atomic E-state index is -1.82. The number of esters is 1. The fourth-order valence-corrected chi connectivity index (χ4v) is 3.86. The molecule has 34 heavy (non-hydrogen) atoms. The van der Waals surface area contributed by atoms with Crippen LogP contribution in [-0.2, 0) is 23.9 Å². The lowest BCUT2D eigenvalue weighted by Crippen LogP contribution is -2.55. The highest BCUT2D eigenvalue weighted by Gasteiger charge is 2.34. The number of aliphatic carboxylic acids is 1. The molecule has 2 aromatic rings. The van der Waals surface area contributed by atoms with Gasteiger partial charge in [-0.3, -0.25) is 10.1 Å². The molecule has 0 fully saturated rings. The number of amides is 2. The molecule has 4 N–H and O–H groups in total. The van der Waals surface area contributed by atoms with Crippen molar-refractivity contribution in [2.24, 2.45) is 0 Å². The Labute approximate surface area is 195 Å². The van der Waals surface area contributed by atoms with Crippen molar-refractivity contribution in [3.05, 3.63) is 59.7 Å². The summed E-state index contributed by atoms with van der Waals surface area (Å²) < 4.78 is 10.2. The van der Waals surface area contributed by atoms with Crippen LogP contribution in [0.1, 0.15) is 30.4 Å². The van der Waals surface area contributed by atoms with Gasteiger partial charge in [0.05, 0.1) is 6.61 Å². The molecule has 1 aliphatic rings. The van der Waals surface area contributed by atoms with Crippen LogP contribution >= 0.6 is 0 Å². The predicted octanol–water partition coefficient (Wildman–Crippen LogP) is 1.41. The number of carboxylic acids is 1. The second-order valence-corrected chi connectivity index (χ2v) is 7.57. The largest absolute Gasteiger partial charge is 0.480 e. The molecule has 0 aliphatic heterocycles. The Morgan fingerprint density at radius 2 is 1.53 bits per heavy atom. The summed E-state index contributed by atoms with van der Waals surface area (Å²) in [5, 5.41) is 22.4. The van der Waals surface area contributed by atoms with Crippen molar-refractivity contribution in [3.63, 3.8) is 0 Å². The van der Waals surface area contributed by atoms with E-state index in [-0.39, 0.29) is 25.6 Å². The van der Waals surface area contributed by atoms with Crippen LogP contribution < -0.4 is 10.6 Å². The third-order valence-corrected chi connectivity index (χ3v) is 5.42. The van der Waals surface area contributed by atoms with Crippen molar-refractivity contribution in [2.45, 2.75) is 31.3 Å². The normalized spacial score (nSPS) is 13.7. The van der Waals surface area contributed by atoms with Gasteiger partial charge in [-0.15, -0.1) is 0 Å². The molecule has 10 heteroatoms. The van der Waals surface area contributed by atoms with Gasteiger partial charge in [0.15, 0.2) is 0 Å². The van der Waals surface area contributed by atoms with E-state index in [9.17, 15) is 24.3 Å². The molecule has 2 atom stereocenters. The van der Waals surface area contributed by atoms with E-state index in [0.29, 0.717) is 0 Å². The van der Waals surface area contributed by atoms with Gasteiger partial charge in [0.2, 0.25) is 6.04 Å². The highest BCUT2D eigenvalue weighted by Crippen LogP contribution is 2.44. The number of nitrogens with one attached hydrogen (secondary N) is 2. The van der Waals surface area contributed by atoms with E-state index < -0.39 is 42.6 Å². The average Bonchev–Trinajstić information content (AvgIpc) is 3.14. The number of hydrogen-bond donors (Lipinski definition) is 4. The number of benzene rings is 2. The Hall–Kier alpha value is -3.92. The van der Waals surface area contributed by atoms with Crippen molar-refractivity contribution in [1.82, 2.24) is 10.6 Å². The van der Waals surface area contributed by atoms with Crippen molar-refractivity contribution in [1.29, 1.82) is 0 Å². The maximum Gasteiger partial charge on any atom is 0.408 e. The lowest BCUT2D eigenvalue weighted by molar-refractivity contribution is -0.151. The minimum Gasteiger partial charge on any atom is -0.480 e. The Morgan fingerprint density at radius 1 is 0.941 bits per heavy atom. The van der Waals surface area contributed by atoms with Crippen LogP contribution in [0.15, 0.2) is 48.5 Å². The van der Waals surface area contributed by atoms with Gasteiger partial charge in [-0.25, -0.2) is 14.4 Å². The summed E-state index contributed by atoms with van der Waals surface area (Å²) in [5.41, 5.74) is 4.06. The summed E-state index contributed by atoms with van der Waals surface area (Å²) in [6, 6.07) is 12.2. The van der Waals surface area contributed by atoms with E-state index in [0.717, 1.165) is 22.3 Å². The van der Waals surface area contributed by atoms with Crippen molar-refractivity contribution in [2.75, 3.05) is 19.8 Å². The van der Waals surface area contributed by atoms with E-state index in [4.69, 9.17) is 14.6 Å².